The van der Waals surface area contributed by atoms with Gasteiger partial charge in [-0.3, -0.25) is 0 Å². The highest BCUT2D eigenvalue weighted by atomic mass is 17.2. The average Bonchev–Trinajstić information content (AvgIpc) is 2.56. The van der Waals surface area contributed by atoms with Crippen molar-refractivity contribution in [1.82, 2.24) is 0 Å². The van der Waals surface area contributed by atoms with Crippen molar-refractivity contribution < 1.29 is 24.4 Å². The van der Waals surface area contributed by atoms with Crippen molar-refractivity contribution in [2.24, 2.45) is 0 Å². The van der Waals surface area contributed by atoms with Crippen LogP contribution in [0.15, 0.2) is 54.6 Å². The van der Waals surface area contributed by atoms with Crippen LogP contribution in [-0.4, -0.2) is 23.3 Å². The molecule has 0 radical (unpaired) electrons. The molecular formula is C20H24O5. The Hall–Kier alpha value is -2.37. The molecular weight excluding hydrogens is 320 g/mol. The molecule has 2 aromatic rings. The molecule has 2 rings (SSSR count). The van der Waals surface area contributed by atoms with Crippen molar-refractivity contribution >= 4 is 5.97 Å². The first-order chi connectivity index (χ1) is 11.9. The van der Waals surface area contributed by atoms with Crippen LogP contribution in [0.3, 0.4) is 0 Å². The minimum atomic E-state index is -1.84. The zero-order valence-corrected chi connectivity index (χ0v) is 14.9. The lowest BCUT2D eigenvalue weighted by molar-refractivity contribution is -0.366. The van der Waals surface area contributed by atoms with Gasteiger partial charge < -0.3 is 9.84 Å². The van der Waals surface area contributed by atoms with Gasteiger partial charge in [0.15, 0.2) is 0 Å². The maximum absolute atomic E-state index is 12.4. The average molecular weight is 344 g/mol. The Morgan fingerprint density at radius 3 is 2.08 bits per heavy atom. The van der Waals surface area contributed by atoms with Crippen LogP contribution in [0.4, 0.5) is 0 Å². The summed E-state index contributed by atoms with van der Waals surface area (Å²) in [5.74, 6) is -0.740. The summed E-state index contributed by atoms with van der Waals surface area (Å²) in [6.07, 6.45) is -0.421. The van der Waals surface area contributed by atoms with Gasteiger partial charge >= 0.3 is 5.97 Å². The zero-order valence-electron chi connectivity index (χ0n) is 14.9. The molecule has 1 N–H and O–H groups in total. The summed E-state index contributed by atoms with van der Waals surface area (Å²) in [5, 5.41) is 10.1. The van der Waals surface area contributed by atoms with Crippen LogP contribution < -0.4 is 4.74 Å². The minimum absolute atomic E-state index is 0.116. The molecule has 0 amide bonds. The van der Waals surface area contributed by atoms with E-state index >= 15 is 0 Å². The predicted molar refractivity (Wildman–Crippen MR) is 94.4 cm³/mol. The van der Waals surface area contributed by atoms with Gasteiger partial charge in [-0.15, -0.1) is 0 Å². The molecule has 5 heteroatoms. The summed E-state index contributed by atoms with van der Waals surface area (Å²) < 4.78 is 5.83. The molecule has 0 heterocycles. The molecule has 0 fully saturated rings. The van der Waals surface area contributed by atoms with Crippen LogP contribution in [0.5, 0.6) is 5.75 Å². The van der Waals surface area contributed by atoms with Crippen LogP contribution in [-0.2, 0) is 20.2 Å². The highest BCUT2D eigenvalue weighted by molar-refractivity contribution is 5.85. The van der Waals surface area contributed by atoms with E-state index in [1.54, 1.807) is 62.4 Å². The van der Waals surface area contributed by atoms with Crippen LogP contribution in [0.1, 0.15) is 38.8 Å². The second-order valence-corrected chi connectivity index (χ2v) is 6.24. The van der Waals surface area contributed by atoms with Gasteiger partial charge in [0.1, 0.15) is 5.75 Å². The van der Waals surface area contributed by atoms with Gasteiger partial charge in [-0.1, -0.05) is 48.5 Å². The molecule has 25 heavy (non-hydrogen) atoms. The van der Waals surface area contributed by atoms with E-state index in [1.165, 1.54) is 0 Å². The van der Waals surface area contributed by atoms with E-state index in [9.17, 15) is 9.90 Å². The Labute approximate surface area is 148 Å². The van der Waals surface area contributed by atoms with E-state index in [4.69, 9.17) is 14.5 Å². The third kappa shape index (κ3) is 4.18. The minimum Gasteiger partial charge on any atom is -0.491 e. The molecule has 0 spiro atoms. The highest BCUT2D eigenvalue weighted by Gasteiger charge is 2.48. The SMILES string of the molecule is CC(C)OOC(C(=O)O)(c1ccccc1)c1ccccc1OC(C)C. The number of hydrogen-bond donors (Lipinski definition) is 1. The van der Waals surface area contributed by atoms with Crippen LogP contribution in [0.2, 0.25) is 0 Å². The fraction of sp³-hybridized carbons (Fsp3) is 0.350. The summed E-state index contributed by atoms with van der Waals surface area (Å²) in [6.45, 7) is 7.31. The lowest BCUT2D eigenvalue weighted by atomic mass is 9.85. The molecule has 0 saturated carbocycles. The van der Waals surface area contributed by atoms with Gasteiger partial charge in [0.05, 0.1) is 12.2 Å². The summed E-state index contributed by atoms with van der Waals surface area (Å²) in [6, 6.07) is 15.7. The maximum atomic E-state index is 12.4. The van der Waals surface area contributed by atoms with E-state index in [-0.39, 0.29) is 12.2 Å². The molecule has 2 aromatic carbocycles. The van der Waals surface area contributed by atoms with Crippen molar-refractivity contribution in [2.75, 3.05) is 0 Å². The van der Waals surface area contributed by atoms with E-state index in [2.05, 4.69) is 0 Å². The van der Waals surface area contributed by atoms with E-state index in [0.29, 0.717) is 16.9 Å². The molecule has 5 nitrogen and oxygen atoms in total. The lowest BCUT2D eigenvalue weighted by Gasteiger charge is -2.31. The number of carboxylic acid groups (broad SMARTS) is 1. The summed E-state index contributed by atoms with van der Waals surface area (Å²) >= 11 is 0. The number of benzene rings is 2. The van der Waals surface area contributed by atoms with Gasteiger partial charge in [0, 0.05) is 11.1 Å². The molecule has 0 bridgehead atoms. The Morgan fingerprint density at radius 2 is 1.52 bits per heavy atom. The van der Waals surface area contributed by atoms with Gasteiger partial charge in [-0.2, -0.15) is 0 Å². The number of carbonyl (C=O) groups is 1. The largest absolute Gasteiger partial charge is 0.491 e. The van der Waals surface area contributed by atoms with E-state index in [1.807, 2.05) is 19.9 Å². The van der Waals surface area contributed by atoms with Gasteiger partial charge in [0.25, 0.3) is 5.60 Å². The molecule has 1 atom stereocenters. The van der Waals surface area contributed by atoms with Crippen molar-refractivity contribution in [3.8, 4) is 5.75 Å². The maximum Gasteiger partial charge on any atom is 0.349 e. The van der Waals surface area contributed by atoms with Crippen LogP contribution in [0, 0.1) is 0 Å². The summed E-state index contributed by atoms with van der Waals surface area (Å²) in [7, 11) is 0. The number of aliphatic carboxylic acids is 1. The third-order valence-electron chi connectivity index (χ3n) is 3.48. The number of ether oxygens (including phenoxy) is 1. The Kier molecular flexibility index (Phi) is 6.17. The molecule has 134 valence electrons. The topological polar surface area (TPSA) is 65.0 Å². The molecule has 1 unspecified atom stereocenters. The van der Waals surface area contributed by atoms with Crippen molar-refractivity contribution in [3.05, 3.63) is 65.7 Å². The van der Waals surface area contributed by atoms with Gasteiger partial charge in [-0.05, 0) is 33.8 Å². The number of para-hydroxylation sites is 1. The first kappa shape index (κ1) is 19.0. The fourth-order valence-electron chi connectivity index (χ4n) is 2.48. The molecule has 0 aromatic heterocycles. The first-order valence-electron chi connectivity index (χ1n) is 8.27. The summed E-state index contributed by atoms with van der Waals surface area (Å²) in [5.41, 5.74) is -1.01. The normalized spacial score (nSPS) is 13.7. The van der Waals surface area contributed by atoms with Gasteiger partial charge in [0.2, 0.25) is 0 Å². The van der Waals surface area contributed by atoms with Crippen LogP contribution >= 0.6 is 0 Å². The van der Waals surface area contributed by atoms with Crippen molar-refractivity contribution in [1.29, 1.82) is 0 Å². The van der Waals surface area contributed by atoms with E-state index in [0.717, 1.165) is 0 Å². The zero-order chi connectivity index (χ0) is 18.4. The Bertz CT molecular complexity index is 696. The lowest BCUT2D eigenvalue weighted by Crippen LogP contribution is -2.41. The fourth-order valence-corrected chi connectivity index (χ4v) is 2.48. The number of rotatable bonds is 8. The third-order valence-corrected chi connectivity index (χ3v) is 3.48. The number of hydrogen-bond acceptors (Lipinski definition) is 4. The highest BCUT2D eigenvalue weighted by Crippen LogP contribution is 2.40. The molecule has 0 aliphatic carbocycles. The van der Waals surface area contributed by atoms with E-state index < -0.39 is 11.6 Å². The van der Waals surface area contributed by atoms with Gasteiger partial charge in [-0.25, -0.2) is 14.6 Å². The second-order valence-electron chi connectivity index (χ2n) is 6.24. The molecule has 0 aliphatic heterocycles. The second kappa shape index (κ2) is 8.14. The predicted octanol–water partition coefficient (Wildman–Crippen LogP) is 4.16. The van der Waals surface area contributed by atoms with Crippen LogP contribution in [0.25, 0.3) is 0 Å². The quantitative estimate of drug-likeness (QED) is 0.575. The monoisotopic (exact) mass is 344 g/mol. The Morgan fingerprint density at radius 1 is 0.920 bits per heavy atom. The molecule has 0 saturated heterocycles. The van der Waals surface area contributed by atoms with Crippen molar-refractivity contribution in [2.45, 2.75) is 45.5 Å². The van der Waals surface area contributed by atoms with Crippen molar-refractivity contribution in [3.63, 3.8) is 0 Å². The Balaban J connectivity index is 2.68. The smallest absolute Gasteiger partial charge is 0.349 e. The molecule has 0 aliphatic rings. The summed E-state index contributed by atoms with van der Waals surface area (Å²) in [4.78, 5) is 23.3. The number of carboxylic acids is 1. The standard InChI is InChI=1S/C20H24O5/c1-14(2)23-18-13-9-8-12-17(18)20(19(21)22,25-24-15(3)4)16-10-6-5-7-11-16/h5-15H,1-4H3,(H,21,22). The first-order valence-corrected chi connectivity index (χ1v) is 8.27.